The summed E-state index contributed by atoms with van der Waals surface area (Å²) in [5.74, 6) is 0.685. The Morgan fingerprint density at radius 1 is 0.947 bits per heavy atom. The van der Waals surface area contributed by atoms with E-state index < -0.39 is 0 Å². The van der Waals surface area contributed by atoms with Gasteiger partial charge in [-0.2, -0.15) is 0 Å². The first-order chi connectivity index (χ1) is 9.28. The van der Waals surface area contributed by atoms with E-state index in [9.17, 15) is 0 Å². The lowest BCUT2D eigenvalue weighted by molar-refractivity contribution is 0.689. The largest absolute Gasteiger partial charge is 0.355 e. The van der Waals surface area contributed by atoms with Gasteiger partial charge in [0, 0.05) is 37.6 Å². The number of nitrogens with one attached hydrogen (secondary N) is 2. The lowest BCUT2D eigenvalue weighted by atomic mass is 10.1. The molecule has 1 aromatic heterocycles. The third-order valence-corrected chi connectivity index (χ3v) is 2.82. The highest BCUT2D eigenvalue weighted by molar-refractivity contribution is 5.24. The van der Waals surface area contributed by atoms with Crippen molar-refractivity contribution >= 4 is 5.95 Å². The second-order valence-corrected chi connectivity index (χ2v) is 4.53. The SMILES string of the molecule is CCNc1ncc(CNCc2ccc(C)cc2)cn1. The van der Waals surface area contributed by atoms with Gasteiger partial charge in [0.15, 0.2) is 0 Å². The van der Waals surface area contributed by atoms with Gasteiger partial charge in [-0.1, -0.05) is 29.8 Å². The molecular formula is C15H20N4. The Morgan fingerprint density at radius 2 is 1.58 bits per heavy atom. The molecule has 2 aromatic rings. The van der Waals surface area contributed by atoms with Crippen molar-refractivity contribution in [2.45, 2.75) is 26.9 Å². The van der Waals surface area contributed by atoms with Gasteiger partial charge in [0.1, 0.15) is 0 Å². The van der Waals surface area contributed by atoms with Crippen molar-refractivity contribution in [3.05, 3.63) is 53.3 Å². The summed E-state index contributed by atoms with van der Waals surface area (Å²) in [6.07, 6.45) is 3.71. The number of aryl methyl sites for hydroxylation is 1. The second-order valence-electron chi connectivity index (χ2n) is 4.53. The van der Waals surface area contributed by atoms with E-state index in [0.29, 0.717) is 5.95 Å². The first kappa shape index (κ1) is 13.5. The van der Waals surface area contributed by atoms with E-state index in [2.05, 4.69) is 51.8 Å². The average molecular weight is 256 g/mol. The minimum Gasteiger partial charge on any atom is -0.355 e. The van der Waals surface area contributed by atoms with Gasteiger partial charge in [0.05, 0.1) is 0 Å². The van der Waals surface area contributed by atoms with E-state index in [0.717, 1.165) is 25.2 Å². The molecule has 0 aliphatic carbocycles. The Bertz CT molecular complexity index is 491. The zero-order chi connectivity index (χ0) is 13.5. The summed E-state index contributed by atoms with van der Waals surface area (Å²) in [7, 11) is 0. The number of hydrogen-bond donors (Lipinski definition) is 2. The standard InChI is InChI=1S/C15H20N4/c1-3-17-15-18-10-14(11-19-15)9-16-8-13-6-4-12(2)5-7-13/h4-7,10-11,16H,3,8-9H2,1-2H3,(H,17,18,19). The van der Waals surface area contributed by atoms with Crippen LogP contribution in [0.2, 0.25) is 0 Å². The van der Waals surface area contributed by atoms with Crippen LogP contribution in [0.4, 0.5) is 5.95 Å². The van der Waals surface area contributed by atoms with Crippen molar-refractivity contribution in [1.29, 1.82) is 0 Å². The first-order valence-electron chi connectivity index (χ1n) is 6.59. The van der Waals surface area contributed by atoms with Crippen molar-refractivity contribution in [3.63, 3.8) is 0 Å². The fourth-order valence-electron chi connectivity index (χ4n) is 1.75. The molecule has 0 spiro atoms. The molecule has 2 rings (SSSR count). The molecule has 0 aliphatic rings. The molecule has 19 heavy (non-hydrogen) atoms. The second kappa shape index (κ2) is 6.85. The van der Waals surface area contributed by atoms with Crippen LogP contribution in [0.1, 0.15) is 23.6 Å². The Labute approximate surface area is 114 Å². The first-order valence-corrected chi connectivity index (χ1v) is 6.59. The van der Waals surface area contributed by atoms with E-state index >= 15 is 0 Å². The van der Waals surface area contributed by atoms with E-state index in [1.807, 2.05) is 19.3 Å². The van der Waals surface area contributed by atoms with Crippen LogP contribution in [-0.2, 0) is 13.1 Å². The molecule has 0 atom stereocenters. The van der Waals surface area contributed by atoms with Gasteiger partial charge < -0.3 is 10.6 Å². The summed E-state index contributed by atoms with van der Waals surface area (Å²) >= 11 is 0. The van der Waals surface area contributed by atoms with Gasteiger partial charge >= 0.3 is 0 Å². The normalized spacial score (nSPS) is 10.4. The van der Waals surface area contributed by atoms with Crippen LogP contribution in [0.3, 0.4) is 0 Å². The topological polar surface area (TPSA) is 49.8 Å². The molecule has 4 heteroatoms. The van der Waals surface area contributed by atoms with Crippen molar-refractivity contribution in [2.75, 3.05) is 11.9 Å². The van der Waals surface area contributed by atoms with Gasteiger partial charge in [0.25, 0.3) is 0 Å². The quantitative estimate of drug-likeness (QED) is 0.834. The number of hydrogen-bond acceptors (Lipinski definition) is 4. The summed E-state index contributed by atoms with van der Waals surface area (Å²) in [5, 5.41) is 6.47. The molecule has 2 N–H and O–H groups in total. The van der Waals surface area contributed by atoms with E-state index in [4.69, 9.17) is 0 Å². The summed E-state index contributed by atoms with van der Waals surface area (Å²) < 4.78 is 0. The summed E-state index contributed by atoms with van der Waals surface area (Å²) in [5.41, 5.74) is 3.67. The van der Waals surface area contributed by atoms with Crippen molar-refractivity contribution in [1.82, 2.24) is 15.3 Å². The lowest BCUT2D eigenvalue weighted by Crippen LogP contribution is -2.13. The van der Waals surface area contributed by atoms with Crippen LogP contribution in [0.5, 0.6) is 0 Å². The zero-order valence-electron chi connectivity index (χ0n) is 11.5. The molecule has 0 saturated heterocycles. The van der Waals surface area contributed by atoms with Crippen LogP contribution in [0.15, 0.2) is 36.7 Å². The highest BCUT2D eigenvalue weighted by Gasteiger charge is 1.97. The third-order valence-electron chi connectivity index (χ3n) is 2.82. The van der Waals surface area contributed by atoms with Gasteiger partial charge in [0.2, 0.25) is 5.95 Å². The Balaban J connectivity index is 1.80. The van der Waals surface area contributed by atoms with E-state index in [1.54, 1.807) is 0 Å². The Morgan fingerprint density at radius 3 is 2.21 bits per heavy atom. The number of benzene rings is 1. The van der Waals surface area contributed by atoms with Crippen molar-refractivity contribution in [3.8, 4) is 0 Å². The summed E-state index contributed by atoms with van der Waals surface area (Å²) in [4.78, 5) is 8.49. The summed E-state index contributed by atoms with van der Waals surface area (Å²) in [6.45, 7) is 6.60. The van der Waals surface area contributed by atoms with Crippen LogP contribution < -0.4 is 10.6 Å². The van der Waals surface area contributed by atoms with E-state index in [-0.39, 0.29) is 0 Å². The third kappa shape index (κ3) is 4.34. The fraction of sp³-hybridized carbons (Fsp3) is 0.333. The maximum atomic E-state index is 4.24. The maximum absolute atomic E-state index is 4.24. The molecule has 0 fully saturated rings. The highest BCUT2D eigenvalue weighted by Crippen LogP contribution is 2.04. The monoisotopic (exact) mass is 256 g/mol. The predicted molar refractivity (Wildman–Crippen MR) is 77.9 cm³/mol. The highest BCUT2D eigenvalue weighted by atomic mass is 15.1. The van der Waals surface area contributed by atoms with E-state index in [1.165, 1.54) is 11.1 Å². The van der Waals surface area contributed by atoms with Crippen LogP contribution in [0, 0.1) is 6.92 Å². The zero-order valence-corrected chi connectivity index (χ0v) is 11.5. The minimum atomic E-state index is 0.685. The van der Waals surface area contributed by atoms with Gasteiger partial charge in [-0.3, -0.25) is 0 Å². The number of anilines is 1. The molecular weight excluding hydrogens is 236 g/mol. The summed E-state index contributed by atoms with van der Waals surface area (Å²) in [6, 6.07) is 8.55. The predicted octanol–water partition coefficient (Wildman–Crippen LogP) is 2.51. The van der Waals surface area contributed by atoms with Gasteiger partial charge in [-0.05, 0) is 19.4 Å². The number of nitrogens with zero attached hydrogens (tertiary/aromatic N) is 2. The van der Waals surface area contributed by atoms with Crippen LogP contribution >= 0.6 is 0 Å². The maximum Gasteiger partial charge on any atom is 0.222 e. The minimum absolute atomic E-state index is 0.685. The van der Waals surface area contributed by atoms with Crippen LogP contribution in [0.25, 0.3) is 0 Å². The fourth-order valence-corrected chi connectivity index (χ4v) is 1.75. The molecule has 0 unspecified atom stereocenters. The smallest absolute Gasteiger partial charge is 0.222 e. The van der Waals surface area contributed by atoms with Gasteiger partial charge in [-0.25, -0.2) is 9.97 Å². The molecule has 0 aliphatic heterocycles. The lowest BCUT2D eigenvalue weighted by Gasteiger charge is -2.06. The molecule has 1 aromatic carbocycles. The molecule has 100 valence electrons. The molecule has 0 bridgehead atoms. The van der Waals surface area contributed by atoms with Crippen molar-refractivity contribution < 1.29 is 0 Å². The van der Waals surface area contributed by atoms with Gasteiger partial charge in [-0.15, -0.1) is 0 Å². The average Bonchev–Trinajstić information content (AvgIpc) is 2.43. The number of rotatable bonds is 6. The molecule has 0 saturated carbocycles. The molecule has 0 amide bonds. The number of aromatic nitrogens is 2. The Hall–Kier alpha value is -1.94. The molecule has 1 heterocycles. The van der Waals surface area contributed by atoms with Crippen LogP contribution in [-0.4, -0.2) is 16.5 Å². The molecule has 0 radical (unpaired) electrons. The molecule has 4 nitrogen and oxygen atoms in total. The van der Waals surface area contributed by atoms with Crippen molar-refractivity contribution in [2.24, 2.45) is 0 Å². The Kier molecular flexibility index (Phi) is 4.86.